The molecule has 0 unspecified atom stereocenters. The van der Waals surface area contributed by atoms with Crippen molar-refractivity contribution in [2.24, 2.45) is 0 Å². The van der Waals surface area contributed by atoms with Crippen molar-refractivity contribution >= 4 is 34.5 Å². The van der Waals surface area contributed by atoms with E-state index in [9.17, 15) is 9.59 Å². The fourth-order valence-corrected chi connectivity index (χ4v) is 3.99. The van der Waals surface area contributed by atoms with E-state index in [1.807, 2.05) is 53.5 Å². The normalized spacial score (nSPS) is 16.0. The lowest BCUT2D eigenvalue weighted by molar-refractivity contribution is -0.131. The Morgan fingerprint density at radius 2 is 2.11 bits per heavy atom. The van der Waals surface area contributed by atoms with Gasteiger partial charge in [-0.1, -0.05) is 6.07 Å². The molecule has 2 aromatic rings. The molecule has 0 saturated carbocycles. The van der Waals surface area contributed by atoms with Gasteiger partial charge in [0, 0.05) is 52.1 Å². The van der Waals surface area contributed by atoms with Gasteiger partial charge >= 0.3 is 0 Å². The molecule has 6 nitrogen and oxygen atoms in total. The van der Waals surface area contributed by atoms with Crippen LogP contribution in [0.4, 0.5) is 11.4 Å². The fourth-order valence-electron chi connectivity index (χ4n) is 3.37. The van der Waals surface area contributed by atoms with E-state index in [4.69, 9.17) is 4.74 Å². The third-order valence-electron chi connectivity index (χ3n) is 4.82. The second-order valence-corrected chi connectivity index (χ2v) is 8.15. The van der Waals surface area contributed by atoms with Gasteiger partial charge in [-0.2, -0.15) is 0 Å². The molecule has 1 atom stereocenters. The molecular formula is C21H27N3O3S. The van der Waals surface area contributed by atoms with E-state index in [0.29, 0.717) is 18.0 Å². The topological polar surface area (TPSA) is 61.9 Å². The minimum Gasteiger partial charge on any atom is -0.377 e. The highest BCUT2D eigenvalue weighted by Gasteiger charge is 2.22. The minimum absolute atomic E-state index is 0.0215. The molecule has 0 bridgehead atoms. The van der Waals surface area contributed by atoms with E-state index in [1.54, 1.807) is 13.0 Å². The molecule has 1 aliphatic rings. The second-order valence-electron chi connectivity index (χ2n) is 7.20. The number of nitrogens with one attached hydrogen (secondary N) is 1. The summed E-state index contributed by atoms with van der Waals surface area (Å²) in [6, 6.07) is 9.47. The predicted octanol–water partition coefficient (Wildman–Crippen LogP) is 3.59. The number of benzene rings is 1. The Hall–Kier alpha value is -2.38. The van der Waals surface area contributed by atoms with Crippen LogP contribution < -0.4 is 10.2 Å². The van der Waals surface area contributed by atoms with Crippen LogP contribution in [0.5, 0.6) is 0 Å². The number of hydrogen-bond donors (Lipinski definition) is 1. The highest BCUT2D eigenvalue weighted by molar-refractivity contribution is 7.12. The smallest absolute Gasteiger partial charge is 0.265 e. The third-order valence-corrected chi connectivity index (χ3v) is 5.69. The van der Waals surface area contributed by atoms with Crippen molar-refractivity contribution in [1.82, 2.24) is 4.90 Å². The maximum Gasteiger partial charge on any atom is 0.265 e. The van der Waals surface area contributed by atoms with Gasteiger partial charge in [0.1, 0.15) is 0 Å². The van der Waals surface area contributed by atoms with E-state index in [1.165, 1.54) is 11.3 Å². The van der Waals surface area contributed by atoms with Gasteiger partial charge in [0.2, 0.25) is 5.91 Å². The summed E-state index contributed by atoms with van der Waals surface area (Å²) in [6.45, 7) is 3.43. The number of nitrogens with zero attached hydrogens (tertiary/aromatic N) is 2. The Morgan fingerprint density at radius 1 is 1.29 bits per heavy atom. The fraction of sp³-hybridized carbons (Fsp3) is 0.429. The lowest BCUT2D eigenvalue weighted by Crippen LogP contribution is -2.35. The molecule has 3 rings (SSSR count). The number of rotatable bonds is 7. The number of amides is 2. The van der Waals surface area contributed by atoms with Crippen molar-refractivity contribution in [2.45, 2.75) is 32.4 Å². The zero-order valence-electron chi connectivity index (χ0n) is 16.6. The van der Waals surface area contributed by atoms with Crippen molar-refractivity contribution < 1.29 is 14.3 Å². The Labute approximate surface area is 170 Å². The number of anilines is 2. The summed E-state index contributed by atoms with van der Waals surface area (Å²) < 4.78 is 5.71. The summed E-state index contributed by atoms with van der Waals surface area (Å²) in [7, 11) is 3.95. The van der Waals surface area contributed by atoms with Crippen LogP contribution in [0.3, 0.4) is 0 Å². The van der Waals surface area contributed by atoms with Gasteiger partial charge in [0.15, 0.2) is 0 Å². The molecule has 28 heavy (non-hydrogen) atoms. The third kappa shape index (κ3) is 5.11. The molecule has 0 radical (unpaired) electrons. The summed E-state index contributed by atoms with van der Waals surface area (Å²) in [5.74, 6) is -0.102. The lowest BCUT2D eigenvalue weighted by Gasteiger charge is -2.27. The van der Waals surface area contributed by atoms with E-state index in [2.05, 4.69) is 5.32 Å². The van der Waals surface area contributed by atoms with Gasteiger partial charge < -0.3 is 19.9 Å². The average Bonchev–Trinajstić information content (AvgIpc) is 3.35. The van der Waals surface area contributed by atoms with Crippen LogP contribution >= 0.6 is 11.3 Å². The number of hydrogen-bond acceptors (Lipinski definition) is 5. The van der Waals surface area contributed by atoms with Crippen molar-refractivity contribution in [2.75, 3.05) is 37.5 Å². The summed E-state index contributed by atoms with van der Waals surface area (Å²) in [5, 5.41) is 4.83. The van der Waals surface area contributed by atoms with Crippen LogP contribution in [0.2, 0.25) is 0 Å². The first kappa shape index (κ1) is 20.4. The number of ether oxygens (including phenoxy) is 1. The Balaban J connectivity index is 1.79. The zero-order chi connectivity index (χ0) is 20.1. The molecule has 7 heteroatoms. The van der Waals surface area contributed by atoms with Crippen LogP contribution in [-0.2, 0) is 16.1 Å². The molecule has 1 aromatic heterocycles. The summed E-state index contributed by atoms with van der Waals surface area (Å²) in [4.78, 5) is 29.1. The van der Waals surface area contributed by atoms with Crippen LogP contribution in [0.1, 0.15) is 35.0 Å². The van der Waals surface area contributed by atoms with E-state index >= 15 is 0 Å². The molecule has 0 spiro atoms. The molecule has 1 aliphatic heterocycles. The average molecular weight is 402 g/mol. The molecule has 0 aliphatic carbocycles. The highest BCUT2D eigenvalue weighted by atomic mass is 32.1. The summed E-state index contributed by atoms with van der Waals surface area (Å²) in [5.41, 5.74) is 2.73. The maximum atomic E-state index is 12.4. The first-order chi connectivity index (χ1) is 13.4. The summed E-state index contributed by atoms with van der Waals surface area (Å²) >= 11 is 1.41. The molecule has 1 saturated heterocycles. The van der Waals surface area contributed by atoms with Crippen molar-refractivity contribution in [3.63, 3.8) is 0 Å². The van der Waals surface area contributed by atoms with E-state index in [0.717, 1.165) is 36.4 Å². The monoisotopic (exact) mass is 401 g/mol. The SMILES string of the molecule is CC(=O)N(Cc1cc(NC(=O)c2cccs2)ccc1N(C)C)C[C@H]1CCCO1. The van der Waals surface area contributed by atoms with E-state index in [-0.39, 0.29) is 17.9 Å². The van der Waals surface area contributed by atoms with Gasteiger partial charge in [-0.3, -0.25) is 9.59 Å². The van der Waals surface area contributed by atoms with Gasteiger partial charge in [-0.15, -0.1) is 11.3 Å². The molecule has 1 N–H and O–H groups in total. The van der Waals surface area contributed by atoms with Gasteiger partial charge in [-0.25, -0.2) is 0 Å². The maximum absolute atomic E-state index is 12.4. The first-order valence-corrected chi connectivity index (χ1v) is 10.3. The van der Waals surface area contributed by atoms with Gasteiger partial charge in [-0.05, 0) is 48.1 Å². The van der Waals surface area contributed by atoms with Gasteiger partial charge in [0.05, 0.1) is 11.0 Å². The molecule has 1 fully saturated rings. The number of carbonyl (C=O) groups excluding carboxylic acids is 2. The van der Waals surface area contributed by atoms with Gasteiger partial charge in [0.25, 0.3) is 5.91 Å². The molecular weight excluding hydrogens is 374 g/mol. The first-order valence-electron chi connectivity index (χ1n) is 9.46. The molecule has 150 valence electrons. The molecule has 1 aromatic carbocycles. The Kier molecular flexibility index (Phi) is 6.70. The second kappa shape index (κ2) is 9.21. The quantitative estimate of drug-likeness (QED) is 0.770. The van der Waals surface area contributed by atoms with Crippen LogP contribution in [0, 0.1) is 0 Å². The number of carbonyl (C=O) groups is 2. The van der Waals surface area contributed by atoms with E-state index < -0.39 is 0 Å². The molecule has 2 amide bonds. The van der Waals surface area contributed by atoms with Crippen molar-refractivity contribution in [3.05, 3.63) is 46.2 Å². The Bertz CT molecular complexity index is 814. The Morgan fingerprint density at radius 3 is 2.71 bits per heavy atom. The van der Waals surface area contributed by atoms with Crippen LogP contribution in [0.15, 0.2) is 35.7 Å². The van der Waals surface area contributed by atoms with Crippen molar-refractivity contribution in [1.29, 1.82) is 0 Å². The van der Waals surface area contributed by atoms with Crippen molar-refractivity contribution in [3.8, 4) is 0 Å². The van der Waals surface area contributed by atoms with Crippen LogP contribution in [-0.4, -0.2) is 50.1 Å². The van der Waals surface area contributed by atoms with Crippen LogP contribution in [0.25, 0.3) is 0 Å². The summed E-state index contributed by atoms with van der Waals surface area (Å²) in [6.07, 6.45) is 2.14. The lowest BCUT2D eigenvalue weighted by atomic mass is 10.1. The minimum atomic E-state index is -0.124. The highest BCUT2D eigenvalue weighted by Crippen LogP contribution is 2.26. The molecule has 2 heterocycles. The zero-order valence-corrected chi connectivity index (χ0v) is 17.4. The standard InChI is InChI=1S/C21H27N3O3S/c1-15(25)24(14-18-6-4-10-27-18)13-16-12-17(8-9-19(16)23(2)3)22-21(26)20-7-5-11-28-20/h5,7-9,11-12,18H,4,6,10,13-14H2,1-3H3,(H,22,26)/t18-/m1/s1. The predicted molar refractivity (Wildman–Crippen MR) is 113 cm³/mol. The largest absolute Gasteiger partial charge is 0.377 e. The number of thiophene rings is 1.